The van der Waals surface area contributed by atoms with Crippen LogP contribution in [0.15, 0.2) is 4.99 Å². The highest BCUT2D eigenvalue weighted by Gasteiger charge is 1.95. The van der Waals surface area contributed by atoms with Crippen molar-refractivity contribution in [3.8, 4) is 0 Å². The number of aliphatic hydroxyl groups excluding tert-OH is 1. The molecule has 0 atom stereocenters. The number of nitrogens with two attached hydrogens (primary N) is 2. The molecular weight excluding hydrogens is 192 g/mol. The Bertz CT molecular complexity index is 181. The Hall–Kier alpha value is -0.790. The van der Waals surface area contributed by atoms with Crippen molar-refractivity contribution < 1.29 is 9.84 Å². The SMILES string of the molecule is N=C(N=C(N)N)SCCOCCO. The van der Waals surface area contributed by atoms with Crippen LogP contribution in [0.3, 0.4) is 0 Å². The predicted molar refractivity (Wildman–Crippen MR) is 53.9 cm³/mol. The first-order valence-corrected chi connectivity index (χ1v) is 4.65. The molecule has 0 aliphatic rings. The highest BCUT2D eigenvalue weighted by atomic mass is 32.2. The Labute approximate surface area is 80.9 Å². The summed E-state index contributed by atoms with van der Waals surface area (Å²) in [5.74, 6) is 0.476. The van der Waals surface area contributed by atoms with Gasteiger partial charge in [-0.25, -0.2) is 0 Å². The second-order valence-corrected chi connectivity index (χ2v) is 3.11. The van der Waals surface area contributed by atoms with E-state index in [0.717, 1.165) is 0 Å². The number of hydrogen-bond donors (Lipinski definition) is 4. The van der Waals surface area contributed by atoms with Gasteiger partial charge in [-0.05, 0) is 0 Å². The van der Waals surface area contributed by atoms with Crippen LogP contribution in [-0.4, -0.2) is 41.8 Å². The summed E-state index contributed by atoms with van der Waals surface area (Å²) < 4.78 is 4.96. The smallest absolute Gasteiger partial charge is 0.193 e. The van der Waals surface area contributed by atoms with Crippen LogP contribution in [0.1, 0.15) is 0 Å². The molecule has 0 bridgehead atoms. The number of rotatable bonds is 5. The summed E-state index contributed by atoms with van der Waals surface area (Å²) in [6, 6.07) is 0. The maximum atomic E-state index is 8.36. The summed E-state index contributed by atoms with van der Waals surface area (Å²) in [7, 11) is 0. The molecule has 0 unspecified atom stereocenters. The number of aliphatic hydroxyl groups is 1. The third kappa shape index (κ3) is 9.12. The summed E-state index contributed by atoms with van der Waals surface area (Å²) in [6.45, 7) is 0.791. The minimum absolute atomic E-state index is 0.00993. The molecule has 6 N–H and O–H groups in total. The zero-order valence-corrected chi connectivity index (χ0v) is 8.01. The van der Waals surface area contributed by atoms with Crippen molar-refractivity contribution in [3.05, 3.63) is 0 Å². The van der Waals surface area contributed by atoms with Gasteiger partial charge in [-0.1, -0.05) is 11.8 Å². The fourth-order valence-corrected chi connectivity index (χ4v) is 1.08. The number of hydrogen-bond acceptors (Lipinski definition) is 4. The molecule has 0 aromatic carbocycles. The van der Waals surface area contributed by atoms with Gasteiger partial charge in [-0.15, -0.1) is 0 Å². The van der Waals surface area contributed by atoms with E-state index in [4.69, 9.17) is 26.7 Å². The minimum atomic E-state index is -0.117. The van der Waals surface area contributed by atoms with Gasteiger partial charge in [0.2, 0.25) is 0 Å². The van der Waals surface area contributed by atoms with Crippen LogP contribution in [0.25, 0.3) is 0 Å². The van der Waals surface area contributed by atoms with Crippen molar-refractivity contribution in [1.82, 2.24) is 0 Å². The van der Waals surface area contributed by atoms with Crippen LogP contribution in [0.2, 0.25) is 0 Å². The van der Waals surface area contributed by atoms with E-state index < -0.39 is 0 Å². The van der Waals surface area contributed by atoms with Crippen LogP contribution in [0.5, 0.6) is 0 Å². The summed E-state index contributed by atoms with van der Waals surface area (Å²) >= 11 is 1.18. The molecule has 0 radical (unpaired) electrons. The zero-order chi connectivity index (χ0) is 10.1. The van der Waals surface area contributed by atoms with Gasteiger partial charge in [0.05, 0.1) is 19.8 Å². The standard InChI is InChI=1S/C6H14N4O2S/c7-5(8)10-6(9)13-4-3-12-2-1-11/h11H,1-4H2,(H5,7,8,9,10). The van der Waals surface area contributed by atoms with E-state index in [1.54, 1.807) is 0 Å². The third-order valence-electron chi connectivity index (χ3n) is 0.933. The lowest BCUT2D eigenvalue weighted by atomic mass is 10.7. The quantitative estimate of drug-likeness (QED) is 0.260. The van der Waals surface area contributed by atoms with E-state index in [1.165, 1.54) is 11.8 Å². The lowest BCUT2D eigenvalue weighted by Gasteiger charge is -2.00. The molecule has 0 heterocycles. The molecule has 0 aliphatic carbocycles. The highest BCUT2D eigenvalue weighted by Crippen LogP contribution is 2.02. The molecule has 0 fully saturated rings. The first kappa shape index (κ1) is 12.2. The second-order valence-electron chi connectivity index (χ2n) is 2.03. The highest BCUT2D eigenvalue weighted by molar-refractivity contribution is 8.13. The maximum absolute atomic E-state index is 8.36. The molecule has 6 nitrogen and oxygen atoms in total. The number of amidine groups is 1. The van der Waals surface area contributed by atoms with Crippen molar-refractivity contribution in [2.75, 3.05) is 25.6 Å². The Morgan fingerprint density at radius 2 is 2.15 bits per heavy atom. The lowest BCUT2D eigenvalue weighted by molar-refractivity contribution is 0.103. The third-order valence-corrected chi connectivity index (χ3v) is 1.67. The normalized spacial score (nSPS) is 9.62. The van der Waals surface area contributed by atoms with Gasteiger partial charge in [0, 0.05) is 5.75 Å². The fraction of sp³-hybridized carbons (Fsp3) is 0.667. The summed E-state index contributed by atoms with van der Waals surface area (Å²) in [4.78, 5) is 3.51. The van der Waals surface area contributed by atoms with Crippen molar-refractivity contribution in [2.24, 2.45) is 16.5 Å². The molecule has 0 amide bonds. The fourth-order valence-electron chi connectivity index (χ4n) is 0.513. The Kier molecular flexibility index (Phi) is 7.36. The molecule has 0 aromatic rings. The van der Waals surface area contributed by atoms with E-state index >= 15 is 0 Å². The molecule has 0 rings (SSSR count). The van der Waals surface area contributed by atoms with Crippen LogP contribution >= 0.6 is 11.8 Å². The number of nitrogens with one attached hydrogen (secondary N) is 1. The van der Waals surface area contributed by atoms with Crippen LogP contribution in [0.4, 0.5) is 0 Å². The monoisotopic (exact) mass is 206 g/mol. The Morgan fingerprint density at radius 3 is 2.69 bits per heavy atom. The molecule has 0 saturated heterocycles. The number of thioether (sulfide) groups is 1. The minimum Gasteiger partial charge on any atom is -0.394 e. The first-order chi connectivity index (χ1) is 6.16. The van der Waals surface area contributed by atoms with Crippen molar-refractivity contribution in [1.29, 1.82) is 5.41 Å². The summed E-state index contributed by atoms with van der Waals surface area (Å²) in [5.41, 5.74) is 10.1. The summed E-state index contributed by atoms with van der Waals surface area (Å²) in [6.07, 6.45) is 0. The molecule has 7 heteroatoms. The van der Waals surface area contributed by atoms with Crippen LogP contribution in [0, 0.1) is 5.41 Å². The number of ether oxygens (including phenoxy) is 1. The van der Waals surface area contributed by atoms with E-state index in [9.17, 15) is 0 Å². The first-order valence-electron chi connectivity index (χ1n) is 3.66. The molecule has 0 saturated carbocycles. The van der Waals surface area contributed by atoms with E-state index in [-0.39, 0.29) is 17.7 Å². The van der Waals surface area contributed by atoms with Crippen LogP contribution in [-0.2, 0) is 4.74 Å². The van der Waals surface area contributed by atoms with E-state index in [2.05, 4.69) is 4.99 Å². The maximum Gasteiger partial charge on any atom is 0.193 e. The Balaban J connectivity index is 3.33. The molecule has 13 heavy (non-hydrogen) atoms. The average molecular weight is 206 g/mol. The van der Waals surface area contributed by atoms with E-state index in [1.807, 2.05) is 0 Å². The van der Waals surface area contributed by atoms with Gasteiger partial charge in [-0.3, -0.25) is 5.41 Å². The molecule has 76 valence electrons. The van der Waals surface area contributed by atoms with Crippen molar-refractivity contribution in [3.63, 3.8) is 0 Å². The lowest BCUT2D eigenvalue weighted by Crippen LogP contribution is -2.23. The largest absolute Gasteiger partial charge is 0.394 e. The van der Waals surface area contributed by atoms with Crippen molar-refractivity contribution in [2.45, 2.75) is 0 Å². The molecule has 0 aliphatic heterocycles. The molecule has 0 aromatic heterocycles. The molecular formula is C6H14N4O2S. The van der Waals surface area contributed by atoms with Gasteiger partial charge in [-0.2, -0.15) is 4.99 Å². The number of nitrogens with zero attached hydrogens (tertiary/aromatic N) is 1. The van der Waals surface area contributed by atoms with Crippen molar-refractivity contribution >= 4 is 22.9 Å². The number of aliphatic imine (C=N–C) groups is 1. The second kappa shape index (κ2) is 7.84. The average Bonchev–Trinajstić information content (AvgIpc) is 2.02. The zero-order valence-electron chi connectivity index (χ0n) is 7.19. The summed E-state index contributed by atoms with van der Waals surface area (Å²) in [5, 5.41) is 15.6. The van der Waals surface area contributed by atoms with Gasteiger partial charge >= 0.3 is 0 Å². The molecule has 0 spiro atoms. The van der Waals surface area contributed by atoms with E-state index in [0.29, 0.717) is 19.0 Å². The van der Waals surface area contributed by atoms with Gasteiger partial charge < -0.3 is 21.3 Å². The van der Waals surface area contributed by atoms with Gasteiger partial charge in [0.1, 0.15) is 0 Å². The predicted octanol–water partition coefficient (Wildman–Crippen LogP) is -1.06. The number of guanidine groups is 1. The van der Waals surface area contributed by atoms with Gasteiger partial charge in [0.15, 0.2) is 11.1 Å². The Morgan fingerprint density at radius 1 is 1.46 bits per heavy atom. The van der Waals surface area contributed by atoms with Gasteiger partial charge in [0.25, 0.3) is 0 Å². The topological polar surface area (TPSA) is 118 Å². The van der Waals surface area contributed by atoms with Crippen LogP contribution < -0.4 is 11.5 Å².